The van der Waals surface area contributed by atoms with Crippen LogP contribution in [0.4, 0.5) is 4.39 Å². The number of hydrogen-bond donors (Lipinski definition) is 0. The summed E-state index contributed by atoms with van der Waals surface area (Å²) >= 11 is 0. The van der Waals surface area contributed by atoms with Crippen molar-refractivity contribution in [3.63, 3.8) is 0 Å². The van der Waals surface area contributed by atoms with Gasteiger partial charge in [0, 0.05) is 13.7 Å². The Labute approximate surface area is 73.0 Å². The molecule has 0 radical (unpaired) electrons. The lowest BCUT2D eigenvalue weighted by Gasteiger charge is -1.89. The minimum absolute atomic E-state index is 0. The first-order valence-corrected chi connectivity index (χ1v) is 2.78. The highest BCUT2D eigenvalue weighted by atomic mass is 19.1. The molecule has 11 heavy (non-hydrogen) atoms. The molecule has 2 heteroatoms. The van der Waals surface area contributed by atoms with Crippen molar-refractivity contribution in [3.8, 4) is 0 Å². The van der Waals surface area contributed by atoms with Gasteiger partial charge in [0.05, 0.1) is 7.18 Å². The Morgan fingerprint density at radius 3 is 1.55 bits per heavy atom. The number of methoxy groups -OCH3 is 1. The van der Waals surface area contributed by atoms with E-state index in [-0.39, 0.29) is 22.3 Å². The molecule has 0 bridgehead atoms. The molecule has 0 aromatic rings. The Hall–Kier alpha value is -0.110. The van der Waals surface area contributed by atoms with Gasteiger partial charge >= 0.3 is 0 Å². The van der Waals surface area contributed by atoms with Crippen LogP contribution in [0, 0.1) is 0 Å². The molecule has 0 saturated heterocycles. The Morgan fingerprint density at radius 2 is 1.45 bits per heavy atom. The largest absolute Gasteiger partial charge is 0.385 e. The quantitative estimate of drug-likeness (QED) is 0.583. The molecule has 0 atom stereocenters. The lowest BCUT2D eigenvalue weighted by Crippen LogP contribution is -1.84. The summed E-state index contributed by atoms with van der Waals surface area (Å²) in [6.07, 6.45) is 2.42. The average Bonchev–Trinajstić information content (AvgIpc) is 1.88. The van der Waals surface area contributed by atoms with Gasteiger partial charge in [-0.05, 0) is 6.42 Å². The summed E-state index contributed by atoms with van der Waals surface area (Å²) in [5.41, 5.74) is 0. The van der Waals surface area contributed by atoms with Crippen LogP contribution in [0.3, 0.4) is 0 Å². The molecular weight excluding hydrogens is 143 g/mol. The third-order valence-corrected chi connectivity index (χ3v) is 0.702. The van der Waals surface area contributed by atoms with E-state index in [9.17, 15) is 4.39 Å². The van der Waals surface area contributed by atoms with Crippen molar-refractivity contribution >= 4 is 0 Å². The van der Waals surface area contributed by atoms with E-state index in [1.54, 1.807) is 7.11 Å². The molecule has 0 saturated carbocycles. The van der Waals surface area contributed by atoms with Gasteiger partial charge in [0.1, 0.15) is 0 Å². The molecule has 0 amide bonds. The molecule has 0 spiro atoms. The topological polar surface area (TPSA) is 9.23 Å². The van der Waals surface area contributed by atoms with Crippen molar-refractivity contribution in [1.29, 1.82) is 0 Å². The van der Waals surface area contributed by atoms with Gasteiger partial charge in [-0.25, -0.2) is 0 Å². The van der Waals surface area contributed by atoms with Crippen molar-refractivity contribution in [3.05, 3.63) is 0 Å². The second-order valence-corrected chi connectivity index (χ2v) is 1.35. The van der Waals surface area contributed by atoms with Crippen LogP contribution in [0.1, 0.15) is 42.0 Å². The van der Waals surface area contributed by atoms with Crippen molar-refractivity contribution in [2.75, 3.05) is 20.9 Å². The van der Waals surface area contributed by atoms with Gasteiger partial charge in [0.2, 0.25) is 0 Å². The van der Waals surface area contributed by atoms with Gasteiger partial charge in [-0.15, -0.1) is 0 Å². The molecule has 76 valence electrons. The summed E-state index contributed by atoms with van der Waals surface area (Å²) in [6.45, 7) is 3.07. The molecule has 0 unspecified atom stereocenters. The average molecular weight is 170 g/mol. The summed E-state index contributed by atoms with van der Waals surface area (Å²) in [6, 6.07) is 0. The molecular formula is C9H27FO. The Morgan fingerprint density at radius 1 is 1.09 bits per heavy atom. The maximum Gasteiger partial charge on any atom is 0.0785 e. The van der Waals surface area contributed by atoms with Crippen molar-refractivity contribution in [1.82, 2.24) is 0 Å². The molecule has 0 aliphatic carbocycles. The smallest absolute Gasteiger partial charge is 0.0785 e. The fourth-order valence-electron chi connectivity index (χ4n) is 0.289. The minimum Gasteiger partial charge on any atom is -0.385 e. The van der Waals surface area contributed by atoms with Crippen molar-refractivity contribution in [2.24, 2.45) is 0 Å². The molecule has 0 aliphatic heterocycles. The van der Waals surface area contributed by atoms with E-state index in [1.165, 1.54) is 12.8 Å². The Kier molecular flexibility index (Phi) is 144. The van der Waals surface area contributed by atoms with Crippen molar-refractivity contribution in [2.45, 2.75) is 42.0 Å². The van der Waals surface area contributed by atoms with Gasteiger partial charge in [-0.1, -0.05) is 35.6 Å². The number of ether oxygens (including phenoxy) is 1. The van der Waals surface area contributed by atoms with Crippen LogP contribution in [0.15, 0.2) is 0 Å². The minimum atomic E-state index is 0. The summed E-state index contributed by atoms with van der Waals surface area (Å²) in [5.74, 6) is 0. The summed E-state index contributed by atoms with van der Waals surface area (Å²) in [7, 11) is 2.23. The third kappa shape index (κ3) is 73.7. The first-order chi connectivity index (χ1) is 3.91. The molecule has 0 fully saturated rings. The number of alkyl halides is 1. The van der Waals surface area contributed by atoms with Crippen LogP contribution in [0.25, 0.3) is 0 Å². The van der Waals surface area contributed by atoms with E-state index in [4.69, 9.17) is 4.74 Å². The maximum absolute atomic E-state index is 9.50. The molecule has 0 aromatic heterocycles. The lowest BCUT2D eigenvalue weighted by molar-refractivity contribution is 0.194. The van der Waals surface area contributed by atoms with Gasteiger partial charge in [-0.3, -0.25) is 4.39 Å². The zero-order chi connectivity index (χ0) is 6.83. The van der Waals surface area contributed by atoms with Crippen molar-refractivity contribution < 1.29 is 9.13 Å². The second-order valence-electron chi connectivity index (χ2n) is 1.35. The van der Waals surface area contributed by atoms with Gasteiger partial charge in [0.25, 0.3) is 0 Å². The Bertz CT molecular complexity index is 21.5. The number of halogens is 1. The molecule has 0 heterocycles. The van der Waals surface area contributed by atoms with Crippen LogP contribution < -0.4 is 0 Å². The van der Waals surface area contributed by atoms with E-state index in [1.807, 2.05) is 0 Å². The van der Waals surface area contributed by atoms with Crippen LogP contribution >= 0.6 is 0 Å². The molecule has 0 N–H and O–H groups in total. The van der Waals surface area contributed by atoms with E-state index in [2.05, 4.69) is 6.92 Å². The summed E-state index contributed by atoms with van der Waals surface area (Å²) in [5, 5.41) is 0. The predicted octanol–water partition coefficient (Wildman–Crippen LogP) is 3.93. The number of hydrogen-bond acceptors (Lipinski definition) is 1. The SMILES string of the molecule is C.C.C.CCCCOC.CF. The third-order valence-electron chi connectivity index (χ3n) is 0.702. The highest BCUT2D eigenvalue weighted by Gasteiger charge is 1.74. The first kappa shape index (κ1) is 30.7. The summed E-state index contributed by atoms with van der Waals surface area (Å²) in [4.78, 5) is 0. The molecule has 0 aliphatic rings. The van der Waals surface area contributed by atoms with Crippen LogP contribution in [-0.4, -0.2) is 20.9 Å². The highest BCUT2D eigenvalue weighted by Crippen LogP contribution is 1.83. The maximum atomic E-state index is 9.50. The zero-order valence-corrected chi connectivity index (χ0v) is 5.91. The van der Waals surface area contributed by atoms with Gasteiger partial charge < -0.3 is 4.74 Å². The van der Waals surface area contributed by atoms with Crippen LogP contribution in [0.5, 0.6) is 0 Å². The Balaban J connectivity index is -0.0000000222. The normalized spacial score (nSPS) is 5.45. The first-order valence-electron chi connectivity index (χ1n) is 2.78. The van der Waals surface area contributed by atoms with E-state index in [0.29, 0.717) is 7.18 Å². The fraction of sp³-hybridized carbons (Fsp3) is 1.00. The standard InChI is InChI=1S/C5H12O.CH3F.3CH4/c1-3-4-5-6-2;1-2;;;/h3-5H2,1-2H3;1H3;3*1H4. The number of rotatable bonds is 3. The van der Waals surface area contributed by atoms with Crippen LogP contribution in [0.2, 0.25) is 0 Å². The lowest BCUT2D eigenvalue weighted by atomic mass is 10.4. The van der Waals surface area contributed by atoms with Gasteiger partial charge in [-0.2, -0.15) is 0 Å². The van der Waals surface area contributed by atoms with E-state index < -0.39 is 0 Å². The van der Waals surface area contributed by atoms with Crippen LogP contribution in [-0.2, 0) is 4.74 Å². The predicted molar refractivity (Wildman–Crippen MR) is 54.0 cm³/mol. The highest BCUT2D eigenvalue weighted by molar-refractivity contribution is 4.26. The second kappa shape index (κ2) is 51.7. The van der Waals surface area contributed by atoms with E-state index in [0.717, 1.165) is 6.61 Å². The molecule has 1 nitrogen and oxygen atoms in total. The molecule has 0 rings (SSSR count). The number of unbranched alkanes of at least 4 members (excludes halogenated alkanes) is 1. The molecule has 0 aromatic carbocycles. The fourth-order valence-corrected chi connectivity index (χ4v) is 0.289. The van der Waals surface area contributed by atoms with Gasteiger partial charge in [0.15, 0.2) is 0 Å². The van der Waals surface area contributed by atoms with E-state index >= 15 is 0 Å². The monoisotopic (exact) mass is 170 g/mol. The zero-order valence-electron chi connectivity index (χ0n) is 5.91. The summed E-state index contributed by atoms with van der Waals surface area (Å²) < 4.78 is 14.3.